The first-order chi connectivity index (χ1) is 11.9. The summed E-state index contributed by atoms with van der Waals surface area (Å²) in [7, 11) is 0. The minimum atomic E-state index is -0.437. The highest BCUT2D eigenvalue weighted by atomic mass is 16.6. The molecule has 1 N–H and O–H groups in total. The van der Waals surface area contributed by atoms with E-state index in [1.807, 2.05) is 20.8 Å². The number of amides is 1. The maximum absolute atomic E-state index is 12.2. The number of carbonyl (C=O) groups is 1. The number of alkyl carbamates (subject to hydrolysis) is 1. The third-order valence-electron chi connectivity index (χ3n) is 5.26. The number of likely N-dealkylation sites (tertiary alicyclic amines) is 1. The summed E-state index contributed by atoms with van der Waals surface area (Å²) >= 11 is 0. The second kappa shape index (κ2) is 9.77. The van der Waals surface area contributed by atoms with Gasteiger partial charge in [-0.1, -0.05) is 12.8 Å². The van der Waals surface area contributed by atoms with E-state index in [1.54, 1.807) is 0 Å². The molecule has 2 fully saturated rings. The van der Waals surface area contributed by atoms with E-state index < -0.39 is 5.60 Å². The van der Waals surface area contributed by atoms with Gasteiger partial charge in [0.1, 0.15) is 5.60 Å². The van der Waals surface area contributed by atoms with Gasteiger partial charge in [0, 0.05) is 25.7 Å². The topological polar surface area (TPSA) is 50.8 Å². The fourth-order valence-electron chi connectivity index (χ4n) is 4.14. The number of carbonyl (C=O) groups excluding carboxylic acids is 1. The molecule has 0 unspecified atom stereocenters. The lowest BCUT2D eigenvalue weighted by Crippen LogP contribution is -2.49. The van der Waals surface area contributed by atoms with E-state index in [4.69, 9.17) is 9.47 Å². The Bertz CT molecular complexity index is 408. The van der Waals surface area contributed by atoms with Crippen LogP contribution in [0, 0.1) is 11.8 Å². The van der Waals surface area contributed by atoms with E-state index in [0.717, 1.165) is 32.7 Å². The van der Waals surface area contributed by atoms with Crippen LogP contribution in [-0.2, 0) is 9.47 Å². The first-order valence-corrected chi connectivity index (χ1v) is 10.2. The number of nitrogens with zero attached hydrogens (tertiary/aromatic N) is 1. The highest BCUT2D eigenvalue weighted by Gasteiger charge is 2.31. The molecule has 0 bridgehead atoms. The van der Waals surface area contributed by atoms with Crippen LogP contribution in [0.4, 0.5) is 4.79 Å². The van der Waals surface area contributed by atoms with E-state index in [1.165, 1.54) is 38.6 Å². The molecule has 2 aliphatic rings. The summed E-state index contributed by atoms with van der Waals surface area (Å²) in [5.41, 5.74) is -0.437. The molecule has 2 rings (SSSR count). The molecule has 0 aromatic rings. The van der Waals surface area contributed by atoms with Gasteiger partial charge in [-0.25, -0.2) is 4.79 Å². The molecule has 1 aliphatic heterocycles. The molecule has 0 radical (unpaired) electrons. The van der Waals surface area contributed by atoms with Crippen molar-refractivity contribution in [2.45, 2.75) is 77.9 Å². The fourth-order valence-corrected chi connectivity index (χ4v) is 4.14. The molecule has 0 aromatic carbocycles. The molecule has 25 heavy (non-hydrogen) atoms. The van der Waals surface area contributed by atoms with Gasteiger partial charge in [0.05, 0.1) is 6.61 Å². The Morgan fingerprint density at radius 3 is 2.64 bits per heavy atom. The Morgan fingerprint density at radius 2 is 1.92 bits per heavy atom. The molecule has 1 aliphatic carbocycles. The van der Waals surface area contributed by atoms with Gasteiger partial charge in [0.15, 0.2) is 0 Å². The van der Waals surface area contributed by atoms with Gasteiger partial charge in [-0.05, 0) is 71.8 Å². The smallest absolute Gasteiger partial charge is 0.407 e. The minimum Gasteiger partial charge on any atom is -0.444 e. The zero-order valence-electron chi connectivity index (χ0n) is 16.7. The van der Waals surface area contributed by atoms with E-state index >= 15 is 0 Å². The normalized spacial score (nSPS) is 28.6. The second-order valence-electron chi connectivity index (χ2n) is 8.72. The van der Waals surface area contributed by atoms with Crippen molar-refractivity contribution < 1.29 is 14.3 Å². The van der Waals surface area contributed by atoms with E-state index in [9.17, 15) is 4.79 Å². The maximum Gasteiger partial charge on any atom is 0.407 e. The summed E-state index contributed by atoms with van der Waals surface area (Å²) in [5, 5.41) is 3.15. The van der Waals surface area contributed by atoms with Crippen molar-refractivity contribution in [2.24, 2.45) is 11.8 Å². The molecule has 0 spiro atoms. The summed E-state index contributed by atoms with van der Waals surface area (Å²) in [6.45, 7) is 12.9. The lowest BCUT2D eigenvalue weighted by molar-refractivity contribution is 0.0405. The molecule has 5 nitrogen and oxygen atoms in total. The summed E-state index contributed by atoms with van der Waals surface area (Å²) in [6, 6.07) is 0.246. The Kier molecular flexibility index (Phi) is 8.01. The fraction of sp³-hybridized carbons (Fsp3) is 0.950. The first-order valence-electron chi connectivity index (χ1n) is 10.2. The molecule has 1 heterocycles. The lowest BCUT2D eigenvalue weighted by Gasteiger charge is -2.39. The van der Waals surface area contributed by atoms with Crippen LogP contribution in [0.5, 0.6) is 0 Å². The van der Waals surface area contributed by atoms with E-state index in [0.29, 0.717) is 11.8 Å². The molecular weight excluding hydrogens is 316 g/mol. The van der Waals surface area contributed by atoms with Gasteiger partial charge in [-0.3, -0.25) is 0 Å². The van der Waals surface area contributed by atoms with Crippen molar-refractivity contribution in [1.29, 1.82) is 0 Å². The largest absolute Gasteiger partial charge is 0.444 e. The van der Waals surface area contributed by atoms with Crippen LogP contribution >= 0.6 is 0 Å². The molecule has 1 amide bonds. The average molecular weight is 355 g/mol. The van der Waals surface area contributed by atoms with Crippen molar-refractivity contribution in [3.63, 3.8) is 0 Å². The molecule has 0 aromatic heterocycles. The predicted octanol–water partition coefficient (Wildman–Crippen LogP) is 3.82. The number of hydrogen-bond donors (Lipinski definition) is 1. The van der Waals surface area contributed by atoms with Crippen molar-refractivity contribution in [2.75, 3.05) is 32.8 Å². The Morgan fingerprint density at radius 1 is 1.16 bits per heavy atom. The third kappa shape index (κ3) is 7.53. The molecule has 146 valence electrons. The van der Waals surface area contributed by atoms with Crippen molar-refractivity contribution in [1.82, 2.24) is 10.2 Å². The molecular formula is C20H38N2O3. The van der Waals surface area contributed by atoms with Crippen LogP contribution in [0.1, 0.15) is 66.2 Å². The van der Waals surface area contributed by atoms with Crippen molar-refractivity contribution >= 4 is 6.09 Å². The van der Waals surface area contributed by atoms with Crippen LogP contribution in [-0.4, -0.2) is 55.5 Å². The highest BCUT2D eigenvalue weighted by molar-refractivity contribution is 5.68. The Hall–Kier alpha value is -0.810. The van der Waals surface area contributed by atoms with E-state index in [2.05, 4.69) is 17.1 Å². The zero-order valence-corrected chi connectivity index (χ0v) is 16.7. The number of rotatable bonds is 6. The van der Waals surface area contributed by atoms with Gasteiger partial charge in [0.2, 0.25) is 0 Å². The van der Waals surface area contributed by atoms with Crippen LogP contribution < -0.4 is 5.32 Å². The van der Waals surface area contributed by atoms with Crippen LogP contribution in [0.2, 0.25) is 0 Å². The predicted molar refractivity (Wildman–Crippen MR) is 101 cm³/mol. The van der Waals surface area contributed by atoms with Crippen LogP contribution in [0.25, 0.3) is 0 Å². The average Bonchev–Trinajstić information content (AvgIpc) is 2.53. The quantitative estimate of drug-likeness (QED) is 0.788. The number of hydrogen-bond acceptors (Lipinski definition) is 4. The number of piperidine rings is 1. The second-order valence-corrected chi connectivity index (χ2v) is 8.72. The minimum absolute atomic E-state index is 0.246. The highest BCUT2D eigenvalue weighted by Crippen LogP contribution is 2.27. The third-order valence-corrected chi connectivity index (χ3v) is 5.26. The van der Waals surface area contributed by atoms with Gasteiger partial charge in [0.25, 0.3) is 0 Å². The monoisotopic (exact) mass is 354 g/mol. The van der Waals surface area contributed by atoms with E-state index in [-0.39, 0.29) is 12.1 Å². The van der Waals surface area contributed by atoms with Crippen LogP contribution in [0.15, 0.2) is 0 Å². The summed E-state index contributed by atoms with van der Waals surface area (Å²) in [4.78, 5) is 14.8. The summed E-state index contributed by atoms with van der Waals surface area (Å²) in [5.74, 6) is 1.20. The van der Waals surface area contributed by atoms with Gasteiger partial charge < -0.3 is 19.7 Å². The standard InChI is InChI=1S/C20H38N2O3/c1-5-24-15-16-9-8-12-22(13-16)14-17-10-6-7-11-18(17)21-19(23)25-20(2,3)4/h16-18H,5-15H2,1-4H3,(H,21,23)/t16-,17-,18+/m1/s1. The van der Waals surface area contributed by atoms with Crippen molar-refractivity contribution in [3.8, 4) is 0 Å². The summed E-state index contributed by atoms with van der Waals surface area (Å²) in [6.07, 6.45) is 7.01. The Balaban J connectivity index is 1.84. The Labute approximate surface area is 153 Å². The van der Waals surface area contributed by atoms with Gasteiger partial charge >= 0.3 is 6.09 Å². The molecule has 5 heteroatoms. The van der Waals surface area contributed by atoms with Crippen molar-refractivity contribution in [3.05, 3.63) is 0 Å². The molecule has 3 atom stereocenters. The maximum atomic E-state index is 12.2. The number of nitrogens with one attached hydrogen (secondary N) is 1. The molecule has 1 saturated heterocycles. The number of ether oxygens (including phenoxy) is 2. The van der Waals surface area contributed by atoms with Gasteiger partial charge in [-0.2, -0.15) is 0 Å². The lowest BCUT2D eigenvalue weighted by atomic mass is 9.83. The summed E-state index contributed by atoms with van der Waals surface area (Å²) < 4.78 is 11.1. The molecule has 1 saturated carbocycles. The zero-order chi connectivity index (χ0) is 18.3. The van der Waals surface area contributed by atoms with Crippen LogP contribution in [0.3, 0.4) is 0 Å². The van der Waals surface area contributed by atoms with Gasteiger partial charge in [-0.15, -0.1) is 0 Å². The SMILES string of the molecule is CCOC[C@@H]1CCCN(C[C@H]2CCCC[C@@H]2NC(=O)OC(C)(C)C)C1. The first kappa shape index (κ1) is 20.5.